The highest BCUT2D eigenvalue weighted by molar-refractivity contribution is 7.10. The molecule has 2 heterocycles. The molecule has 0 aliphatic carbocycles. The predicted molar refractivity (Wildman–Crippen MR) is 60.7 cm³/mol. The fourth-order valence-corrected chi connectivity index (χ4v) is 2.07. The zero-order chi connectivity index (χ0) is 12.3. The second-order valence-corrected chi connectivity index (χ2v) is 4.23. The summed E-state index contributed by atoms with van der Waals surface area (Å²) in [6.45, 7) is 0. The molecule has 0 spiro atoms. The molecule has 0 radical (unpaired) electrons. The molecular formula is C10H9N3O3S. The largest absolute Gasteiger partial charge is 0.479 e. The molecule has 1 atom stereocenters. The van der Waals surface area contributed by atoms with E-state index in [2.05, 4.69) is 15.5 Å². The van der Waals surface area contributed by atoms with Gasteiger partial charge in [-0.3, -0.25) is 9.89 Å². The molecule has 1 amide bonds. The third kappa shape index (κ3) is 2.51. The number of hydrogen-bond donors (Lipinski definition) is 3. The molecule has 7 heteroatoms. The number of carboxylic acids is 1. The van der Waals surface area contributed by atoms with Gasteiger partial charge in [0, 0.05) is 11.1 Å². The quantitative estimate of drug-likeness (QED) is 0.756. The van der Waals surface area contributed by atoms with Crippen molar-refractivity contribution in [2.75, 3.05) is 0 Å². The SMILES string of the molecule is O=C(NC(C(=O)O)c1cccs1)c1cn[nH]c1. The van der Waals surface area contributed by atoms with Crippen molar-refractivity contribution in [2.24, 2.45) is 0 Å². The lowest BCUT2D eigenvalue weighted by molar-refractivity contribution is -0.139. The van der Waals surface area contributed by atoms with Crippen LogP contribution in [0.2, 0.25) is 0 Å². The lowest BCUT2D eigenvalue weighted by Crippen LogP contribution is -2.33. The van der Waals surface area contributed by atoms with Crippen LogP contribution >= 0.6 is 11.3 Å². The van der Waals surface area contributed by atoms with Gasteiger partial charge in [0.2, 0.25) is 0 Å². The van der Waals surface area contributed by atoms with Crippen LogP contribution in [0.1, 0.15) is 21.3 Å². The van der Waals surface area contributed by atoms with Crippen molar-refractivity contribution in [1.82, 2.24) is 15.5 Å². The fourth-order valence-electron chi connectivity index (χ4n) is 1.30. The first-order valence-electron chi connectivity index (χ1n) is 4.74. The Morgan fingerprint density at radius 3 is 2.88 bits per heavy atom. The molecular weight excluding hydrogens is 242 g/mol. The molecule has 6 nitrogen and oxygen atoms in total. The standard InChI is InChI=1S/C10H9N3O3S/c14-9(6-4-11-12-5-6)13-8(10(15)16)7-2-1-3-17-7/h1-5,8H,(H,11,12)(H,13,14)(H,15,16). The molecule has 3 N–H and O–H groups in total. The molecule has 0 fully saturated rings. The molecule has 0 aliphatic rings. The molecule has 88 valence electrons. The molecule has 2 rings (SSSR count). The third-order valence-electron chi connectivity index (χ3n) is 2.11. The monoisotopic (exact) mass is 251 g/mol. The van der Waals surface area contributed by atoms with Crippen LogP contribution in [0.3, 0.4) is 0 Å². The van der Waals surface area contributed by atoms with Crippen LogP contribution in [0.5, 0.6) is 0 Å². The number of rotatable bonds is 4. The van der Waals surface area contributed by atoms with Gasteiger partial charge in [0.25, 0.3) is 5.91 Å². The molecule has 2 aromatic rings. The zero-order valence-electron chi connectivity index (χ0n) is 8.58. The number of aromatic amines is 1. The van der Waals surface area contributed by atoms with Gasteiger partial charge in [-0.2, -0.15) is 5.10 Å². The molecule has 2 aromatic heterocycles. The van der Waals surface area contributed by atoms with E-state index in [0.717, 1.165) is 0 Å². The number of amides is 1. The maximum absolute atomic E-state index is 11.7. The minimum atomic E-state index is -1.09. The number of carbonyl (C=O) groups excluding carboxylic acids is 1. The number of thiophene rings is 1. The van der Waals surface area contributed by atoms with Gasteiger partial charge in [0.05, 0.1) is 11.8 Å². The number of carboxylic acid groups (broad SMARTS) is 1. The van der Waals surface area contributed by atoms with Crippen molar-refractivity contribution in [1.29, 1.82) is 0 Å². The highest BCUT2D eigenvalue weighted by Gasteiger charge is 2.23. The molecule has 0 saturated carbocycles. The van der Waals surface area contributed by atoms with Crippen molar-refractivity contribution in [3.63, 3.8) is 0 Å². The van der Waals surface area contributed by atoms with Crippen molar-refractivity contribution >= 4 is 23.2 Å². The summed E-state index contributed by atoms with van der Waals surface area (Å²) in [5.41, 5.74) is 0.299. The second kappa shape index (κ2) is 4.79. The van der Waals surface area contributed by atoms with Gasteiger partial charge < -0.3 is 10.4 Å². The Morgan fingerprint density at radius 1 is 1.53 bits per heavy atom. The summed E-state index contributed by atoms with van der Waals surface area (Å²) in [7, 11) is 0. The van der Waals surface area contributed by atoms with Crippen LogP contribution < -0.4 is 5.32 Å². The van der Waals surface area contributed by atoms with Crippen LogP contribution in [0, 0.1) is 0 Å². The first-order chi connectivity index (χ1) is 8.18. The molecule has 0 aliphatic heterocycles. The smallest absolute Gasteiger partial charge is 0.331 e. The number of nitrogens with zero attached hydrogens (tertiary/aromatic N) is 1. The summed E-state index contributed by atoms with van der Waals surface area (Å²) in [4.78, 5) is 23.3. The van der Waals surface area contributed by atoms with Crippen molar-refractivity contribution in [3.8, 4) is 0 Å². The van der Waals surface area contributed by atoms with Crippen molar-refractivity contribution in [3.05, 3.63) is 40.3 Å². The predicted octanol–water partition coefficient (Wildman–Crippen LogP) is 1.03. The van der Waals surface area contributed by atoms with Gasteiger partial charge in [0.1, 0.15) is 0 Å². The van der Waals surface area contributed by atoms with E-state index in [1.165, 1.54) is 23.7 Å². The fraction of sp³-hybridized carbons (Fsp3) is 0.100. The Hall–Kier alpha value is -2.15. The second-order valence-electron chi connectivity index (χ2n) is 3.25. The first kappa shape index (κ1) is 11.3. The lowest BCUT2D eigenvalue weighted by atomic mass is 10.2. The van der Waals surface area contributed by atoms with Gasteiger partial charge in [-0.1, -0.05) is 6.07 Å². The van der Waals surface area contributed by atoms with Crippen LogP contribution in [0.15, 0.2) is 29.9 Å². The number of nitrogens with one attached hydrogen (secondary N) is 2. The number of hydrogen-bond acceptors (Lipinski definition) is 4. The third-order valence-corrected chi connectivity index (χ3v) is 3.05. The lowest BCUT2D eigenvalue weighted by Gasteiger charge is -2.11. The molecule has 0 saturated heterocycles. The highest BCUT2D eigenvalue weighted by atomic mass is 32.1. The summed E-state index contributed by atoms with van der Waals surface area (Å²) >= 11 is 1.28. The van der Waals surface area contributed by atoms with E-state index in [9.17, 15) is 9.59 Å². The molecule has 0 aromatic carbocycles. The van der Waals surface area contributed by atoms with Crippen molar-refractivity contribution < 1.29 is 14.7 Å². The Kier molecular flexibility index (Phi) is 3.20. The Morgan fingerprint density at radius 2 is 2.35 bits per heavy atom. The Balaban J connectivity index is 2.14. The van der Waals surface area contributed by atoms with E-state index in [4.69, 9.17) is 5.11 Å². The summed E-state index contributed by atoms with van der Waals surface area (Å²) in [6.07, 6.45) is 2.74. The topological polar surface area (TPSA) is 95.1 Å². The van der Waals surface area contributed by atoms with Crippen LogP contribution in [-0.4, -0.2) is 27.2 Å². The van der Waals surface area contributed by atoms with Crippen LogP contribution in [-0.2, 0) is 4.79 Å². The molecule has 1 unspecified atom stereocenters. The van der Waals surface area contributed by atoms with E-state index < -0.39 is 17.9 Å². The van der Waals surface area contributed by atoms with Crippen molar-refractivity contribution in [2.45, 2.75) is 6.04 Å². The van der Waals surface area contributed by atoms with Gasteiger partial charge in [-0.15, -0.1) is 11.3 Å². The van der Waals surface area contributed by atoms with E-state index in [1.54, 1.807) is 17.5 Å². The average molecular weight is 251 g/mol. The van der Waals surface area contributed by atoms with Gasteiger partial charge >= 0.3 is 5.97 Å². The maximum atomic E-state index is 11.7. The van der Waals surface area contributed by atoms with E-state index >= 15 is 0 Å². The van der Waals surface area contributed by atoms with Crippen LogP contribution in [0.25, 0.3) is 0 Å². The summed E-state index contributed by atoms with van der Waals surface area (Å²) < 4.78 is 0. The Bertz CT molecular complexity index is 507. The van der Waals surface area contributed by atoms with E-state index in [-0.39, 0.29) is 0 Å². The normalized spacial score (nSPS) is 12.0. The average Bonchev–Trinajstić information content (AvgIpc) is 2.97. The first-order valence-corrected chi connectivity index (χ1v) is 5.62. The number of carbonyl (C=O) groups is 2. The Labute approximate surface area is 100 Å². The van der Waals surface area contributed by atoms with Crippen LogP contribution in [0.4, 0.5) is 0 Å². The minimum absolute atomic E-state index is 0.299. The summed E-state index contributed by atoms with van der Waals surface area (Å²) in [6, 6.07) is 2.37. The molecule has 0 bridgehead atoms. The number of aliphatic carboxylic acids is 1. The van der Waals surface area contributed by atoms with Gasteiger partial charge in [-0.05, 0) is 11.4 Å². The van der Waals surface area contributed by atoms with E-state index in [1.807, 2.05) is 0 Å². The maximum Gasteiger partial charge on any atom is 0.331 e. The highest BCUT2D eigenvalue weighted by Crippen LogP contribution is 2.19. The zero-order valence-corrected chi connectivity index (χ0v) is 9.40. The van der Waals surface area contributed by atoms with Gasteiger partial charge in [-0.25, -0.2) is 4.79 Å². The summed E-state index contributed by atoms with van der Waals surface area (Å²) in [5.74, 6) is -1.57. The van der Waals surface area contributed by atoms with Gasteiger partial charge in [0.15, 0.2) is 6.04 Å². The van der Waals surface area contributed by atoms with E-state index in [0.29, 0.717) is 10.4 Å². The molecule has 17 heavy (non-hydrogen) atoms. The minimum Gasteiger partial charge on any atom is -0.479 e. The number of aromatic nitrogens is 2. The number of H-pyrrole nitrogens is 1. The summed E-state index contributed by atoms with van der Waals surface area (Å²) in [5, 5.41) is 19.4.